The molecule has 0 aliphatic heterocycles. The number of nitrogen functional groups attached to an aromatic ring is 1. The van der Waals surface area contributed by atoms with E-state index in [1.165, 1.54) is 0 Å². The molecule has 1 aromatic carbocycles. The van der Waals surface area contributed by atoms with Gasteiger partial charge in [-0.15, -0.1) is 0 Å². The summed E-state index contributed by atoms with van der Waals surface area (Å²) in [6, 6.07) is 7.08. The summed E-state index contributed by atoms with van der Waals surface area (Å²) in [6.07, 6.45) is 5.22. The number of para-hydroxylation sites is 1. The number of ketones is 1. The molecule has 0 aromatic heterocycles. The first kappa shape index (κ1) is 13.0. The number of anilines is 1. The molecule has 0 fully saturated rings. The molecule has 0 amide bonds. The minimum Gasteiger partial charge on any atom is -0.398 e. The number of nitrogens with two attached hydrogens (primary N) is 1. The molecular formula is C15H17NO. The highest BCUT2D eigenvalue weighted by Gasteiger charge is 2.14. The summed E-state index contributed by atoms with van der Waals surface area (Å²) in [5.41, 5.74) is 8.37. The first-order valence-electron chi connectivity index (χ1n) is 5.47. The van der Waals surface area contributed by atoms with Crippen molar-refractivity contribution in [1.29, 1.82) is 0 Å². The smallest absolute Gasteiger partial charge is 0.195 e. The van der Waals surface area contributed by atoms with Crippen LogP contribution in [0.5, 0.6) is 0 Å². The van der Waals surface area contributed by atoms with Crippen molar-refractivity contribution in [3.05, 3.63) is 65.8 Å². The van der Waals surface area contributed by atoms with E-state index in [4.69, 9.17) is 5.73 Å². The molecule has 2 heteroatoms. The van der Waals surface area contributed by atoms with Gasteiger partial charge in [0.25, 0.3) is 0 Å². The van der Waals surface area contributed by atoms with Crippen LogP contribution in [-0.2, 0) is 0 Å². The van der Waals surface area contributed by atoms with Crippen molar-refractivity contribution in [3.63, 3.8) is 0 Å². The third-order valence-electron chi connectivity index (χ3n) is 2.59. The van der Waals surface area contributed by atoms with Gasteiger partial charge < -0.3 is 5.73 Å². The fourth-order valence-electron chi connectivity index (χ4n) is 1.51. The van der Waals surface area contributed by atoms with E-state index >= 15 is 0 Å². The summed E-state index contributed by atoms with van der Waals surface area (Å²) in [6.45, 7) is 7.42. The maximum Gasteiger partial charge on any atom is 0.195 e. The Kier molecular flexibility index (Phi) is 4.46. The van der Waals surface area contributed by atoms with Crippen LogP contribution in [0, 0.1) is 0 Å². The quantitative estimate of drug-likeness (QED) is 0.370. The first-order valence-corrected chi connectivity index (χ1v) is 5.47. The highest BCUT2D eigenvalue weighted by Crippen LogP contribution is 2.20. The summed E-state index contributed by atoms with van der Waals surface area (Å²) in [5, 5.41) is 0. The second-order valence-electron chi connectivity index (χ2n) is 3.70. The van der Waals surface area contributed by atoms with Gasteiger partial charge >= 0.3 is 0 Å². The monoisotopic (exact) mass is 227 g/mol. The van der Waals surface area contributed by atoms with Gasteiger partial charge in [-0.2, -0.15) is 0 Å². The molecule has 88 valence electrons. The Hall–Kier alpha value is -2.09. The van der Waals surface area contributed by atoms with Crippen LogP contribution in [0.2, 0.25) is 0 Å². The van der Waals surface area contributed by atoms with Gasteiger partial charge in [0.05, 0.1) is 0 Å². The van der Waals surface area contributed by atoms with Crippen molar-refractivity contribution in [3.8, 4) is 0 Å². The lowest BCUT2D eigenvalue weighted by Gasteiger charge is -2.08. The third kappa shape index (κ3) is 2.94. The fourth-order valence-corrected chi connectivity index (χ4v) is 1.51. The fraction of sp³-hybridized carbons (Fsp3) is 0.133. The van der Waals surface area contributed by atoms with Crippen LogP contribution in [-0.4, -0.2) is 5.78 Å². The van der Waals surface area contributed by atoms with Crippen molar-refractivity contribution in [2.75, 3.05) is 5.73 Å². The second-order valence-corrected chi connectivity index (χ2v) is 3.70. The van der Waals surface area contributed by atoms with Gasteiger partial charge in [-0.25, -0.2) is 0 Å². The zero-order valence-electron chi connectivity index (χ0n) is 10.2. The van der Waals surface area contributed by atoms with Crippen LogP contribution >= 0.6 is 0 Å². The zero-order valence-corrected chi connectivity index (χ0v) is 10.2. The zero-order chi connectivity index (χ0) is 12.8. The molecule has 2 N–H and O–H groups in total. The van der Waals surface area contributed by atoms with Crippen LogP contribution in [0.4, 0.5) is 5.69 Å². The van der Waals surface area contributed by atoms with Crippen molar-refractivity contribution in [1.82, 2.24) is 0 Å². The number of Topliss-reactive ketones (excluding diaryl/α,β-unsaturated/α-hetero) is 1. The summed E-state index contributed by atoms with van der Waals surface area (Å²) >= 11 is 0. The maximum atomic E-state index is 12.3. The molecule has 0 saturated heterocycles. The predicted molar refractivity (Wildman–Crippen MR) is 72.9 cm³/mol. The minimum atomic E-state index is -0.0707. The van der Waals surface area contributed by atoms with Gasteiger partial charge in [0.1, 0.15) is 0 Å². The third-order valence-corrected chi connectivity index (χ3v) is 2.59. The molecule has 1 aromatic rings. The Morgan fingerprint density at radius 1 is 1.35 bits per heavy atom. The maximum absolute atomic E-state index is 12.3. The van der Waals surface area contributed by atoms with E-state index in [9.17, 15) is 4.79 Å². The molecule has 0 heterocycles. The van der Waals surface area contributed by atoms with E-state index in [1.807, 2.05) is 26.0 Å². The van der Waals surface area contributed by atoms with Gasteiger partial charge in [0.2, 0.25) is 0 Å². The van der Waals surface area contributed by atoms with Crippen molar-refractivity contribution in [2.45, 2.75) is 13.8 Å². The van der Waals surface area contributed by atoms with Gasteiger partial charge in [0.15, 0.2) is 5.78 Å². The number of hydrogen-bond acceptors (Lipinski definition) is 2. The average molecular weight is 227 g/mol. The molecule has 2 nitrogen and oxygen atoms in total. The first-order chi connectivity index (χ1) is 8.11. The van der Waals surface area contributed by atoms with Crippen LogP contribution in [0.3, 0.4) is 0 Å². The lowest BCUT2D eigenvalue weighted by molar-refractivity contribution is 0.103. The topological polar surface area (TPSA) is 43.1 Å². The number of hydrogen-bond donors (Lipinski definition) is 1. The number of carbonyl (C=O) groups is 1. The van der Waals surface area contributed by atoms with E-state index < -0.39 is 0 Å². The molecule has 0 bridgehead atoms. The normalized spacial score (nSPS) is 12.4. The van der Waals surface area contributed by atoms with E-state index in [0.29, 0.717) is 16.8 Å². The standard InChI is InChI=1S/C15H17NO/c1-4-8-12(11(3)5-2)15(17)13-9-6-7-10-14(13)16/h4-10H,1,16H2,2-3H3/b11-5-,12-8+. The van der Waals surface area contributed by atoms with E-state index in [-0.39, 0.29) is 5.78 Å². The average Bonchev–Trinajstić information content (AvgIpc) is 2.35. The Balaban J connectivity index is 3.24. The molecular weight excluding hydrogens is 210 g/mol. The van der Waals surface area contributed by atoms with Crippen molar-refractivity contribution < 1.29 is 4.79 Å². The lowest BCUT2D eigenvalue weighted by atomic mass is 9.96. The molecule has 17 heavy (non-hydrogen) atoms. The Bertz CT molecular complexity index is 495. The van der Waals surface area contributed by atoms with Crippen molar-refractivity contribution in [2.24, 2.45) is 0 Å². The molecule has 0 unspecified atom stereocenters. The highest BCUT2D eigenvalue weighted by molar-refractivity contribution is 6.14. The number of benzene rings is 1. The van der Waals surface area contributed by atoms with Crippen LogP contribution < -0.4 is 5.73 Å². The summed E-state index contributed by atoms with van der Waals surface area (Å²) in [7, 11) is 0. The number of rotatable bonds is 4. The Labute approximate surface area is 102 Å². The van der Waals surface area contributed by atoms with Gasteiger partial charge in [-0.3, -0.25) is 4.79 Å². The van der Waals surface area contributed by atoms with E-state index in [1.54, 1.807) is 30.4 Å². The second kappa shape index (κ2) is 5.85. The number of carbonyl (C=O) groups excluding carboxylic acids is 1. The van der Waals surface area contributed by atoms with Crippen molar-refractivity contribution >= 4 is 11.5 Å². The molecule has 1 rings (SSSR count). The SMILES string of the molecule is C=C/C=C(C(=O)c1ccccc1N)\C(C)=C/C. The van der Waals surface area contributed by atoms with Crippen LogP contribution in [0.15, 0.2) is 60.2 Å². The summed E-state index contributed by atoms with van der Waals surface area (Å²) < 4.78 is 0. The van der Waals surface area contributed by atoms with Gasteiger partial charge in [-0.1, -0.05) is 36.9 Å². The molecule has 0 spiro atoms. The highest BCUT2D eigenvalue weighted by atomic mass is 16.1. The van der Waals surface area contributed by atoms with Gasteiger partial charge in [-0.05, 0) is 31.6 Å². The van der Waals surface area contributed by atoms with Crippen LogP contribution in [0.1, 0.15) is 24.2 Å². The Morgan fingerprint density at radius 2 is 2.00 bits per heavy atom. The molecule has 0 radical (unpaired) electrons. The molecule has 0 aliphatic carbocycles. The predicted octanol–water partition coefficient (Wildman–Crippen LogP) is 3.53. The van der Waals surface area contributed by atoms with Gasteiger partial charge in [0, 0.05) is 16.8 Å². The lowest BCUT2D eigenvalue weighted by Crippen LogP contribution is -2.07. The molecule has 0 aliphatic rings. The largest absolute Gasteiger partial charge is 0.398 e. The van der Waals surface area contributed by atoms with E-state index in [2.05, 4.69) is 6.58 Å². The summed E-state index contributed by atoms with van der Waals surface area (Å²) in [4.78, 5) is 12.3. The van der Waals surface area contributed by atoms with E-state index in [0.717, 1.165) is 5.57 Å². The minimum absolute atomic E-state index is 0.0707. The number of allylic oxidation sites excluding steroid dienone is 5. The Morgan fingerprint density at radius 3 is 2.53 bits per heavy atom. The van der Waals surface area contributed by atoms with Crippen LogP contribution in [0.25, 0.3) is 0 Å². The summed E-state index contributed by atoms with van der Waals surface area (Å²) in [5.74, 6) is -0.0707. The molecule has 0 atom stereocenters. The molecule has 0 saturated carbocycles.